The van der Waals surface area contributed by atoms with Gasteiger partial charge in [0, 0.05) is 10.5 Å². The Morgan fingerprint density at radius 1 is 1.69 bits per heavy atom. The van der Waals surface area contributed by atoms with Gasteiger partial charge in [0.2, 0.25) is 5.91 Å². The van der Waals surface area contributed by atoms with Crippen LogP contribution in [0, 0.1) is 0 Å². The molecule has 3 rings (SSSR count). The molecule has 4 atom stereocenters. The van der Waals surface area contributed by atoms with Crippen LogP contribution < -0.4 is 5.73 Å². The van der Waals surface area contributed by atoms with E-state index in [4.69, 9.17) is 10.5 Å². The van der Waals surface area contributed by atoms with Crippen LogP contribution in [0.25, 0.3) is 0 Å². The molecule has 2 fully saturated rings. The zero-order valence-electron chi connectivity index (χ0n) is 6.80. The maximum Gasteiger partial charge on any atom is 0.243 e. The summed E-state index contributed by atoms with van der Waals surface area (Å²) in [5.74, 6) is -0.389. The van der Waals surface area contributed by atoms with Gasteiger partial charge in [0.05, 0.1) is 5.25 Å². The van der Waals surface area contributed by atoms with E-state index in [0.717, 1.165) is 5.25 Å². The van der Waals surface area contributed by atoms with Gasteiger partial charge in [0.15, 0.2) is 0 Å². The van der Waals surface area contributed by atoms with E-state index in [0.29, 0.717) is 10.5 Å². The molecule has 0 bridgehead atoms. The average molecular weight is 215 g/mol. The van der Waals surface area contributed by atoms with Crippen LogP contribution in [0.15, 0.2) is 12.2 Å². The van der Waals surface area contributed by atoms with Crippen LogP contribution in [-0.2, 0) is 9.53 Å². The first kappa shape index (κ1) is 8.20. The molecule has 4 unspecified atom stereocenters. The van der Waals surface area contributed by atoms with E-state index in [1.807, 2.05) is 11.8 Å². The van der Waals surface area contributed by atoms with E-state index < -0.39 is 0 Å². The Hall–Kier alpha value is -0.130. The number of fused-ring (bicyclic) bond motifs is 3. The summed E-state index contributed by atoms with van der Waals surface area (Å²) in [6.45, 7) is 0.0376. The third kappa shape index (κ3) is 1.21. The van der Waals surface area contributed by atoms with Crippen molar-refractivity contribution < 1.29 is 9.53 Å². The Bertz CT molecular complexity index is 307. The van der Waals surface area contributed by atoms with Crippen LogP contribution in [0.1, 0.15) is 0 Å². The zero-order chi connectivity index (χ0) is 9.05. The largest absolute Gasteiger partial charge is 0.368 e. The Balaban J connectivity index is 1.68. The number of amides is 1. The second-order valence-corrected chi connectivity index (χ2v) is 6.18. The van der Waals surface area contributed by atoms with Crippen LogP contribution in [-0.4, -0.2) is 33.2 Å². The topological polar surface area (TPSA) is 52.3 Å². The first-order chi connectivity index (χ1) is 6.21. The molecule has 2 N–H and O–H groups in total. The standard InChI is InChI=1S/C8H9NO2S2/c9-5(10)3-11-8-2-1-4-6(12-4)7(8)13-8/h1-2,4,6-7H,3H2,(H2,9,10). The average Bonchev–Trinajstić information content (AvgIpc) is 2.94. The third-order valence-corrected chi connectivity index (χ3v) is 5.49. The summed E-state index contributed by atoms with van der Waals surface area (Å²) in [6, 6.07) is 0. The van der Waals surface area contributed by atoms with Crippen molar-refractivity contribution in [2.45, 2.75) is 20.7 Å². The van der Waals surface area contributed by atoms with Crippen molar-refractivity contribution in [1.82, 2.24) is 0 Å². The van der Waals surface area contributed by atoms with Crippen molar-refractivity contribution in [2.24, 2.45) is 5.73 Å². The lowest BCUT2D eigenvalue weighted by molar-refractivity contribution is -0.123. The van der Waals surface area contributed by atoms with Gasteiger partial charge < -0.3 is 10.5 Å². The summed E-state index contributed by atoms with van der Waals surface area (Å²) in [4.78, 5) is 10.4. The number of hydrogen-bond acceptors (Lipinski definition) is 4. The minimum Gasteiger partial charge on any atom is -0.368 e. The van der Waals surface area contributed by atoms with Gasteiger partial charge in [-0.05, 0) is 6.08 Å². The van der Waals surface area contributed by atoms with E-state index in [1.54, 1.807) is 11.8 Å². The van der Waals surface area contributed by atoms with Gasteiger partial charge in [-0.15, -0.1) is 23.5 Å². The molecule has 0 aromatic heterocycles. The lowest BCUT2D eigenvalue weighted by Crippen LogP contribution is -2.28. The highest BCUT2D eigenvalue weighted by atomic mass is 32.2. The van der Waals surface area contributed by atoms with Gasteiger partial charge in [-0.3, -0.25) is 4.79 Å². The number of rotatable bonds is 3. The predicted molar refractivity (Wildman–Crippen MR) is 53.6 cm³/mol. The molecule has 3 nitrogen and oxygen atoms in total. The van der Waals surface area contributed by atoms with Crippen LogP contribution >= 0.6 is 23.5 Å². The maximum atomic E-state index is 10.6. The first-order valence-corrected chi connectivity index (χ1v) is 5.98. The normalized spacial score (nSPS) is 49.4. The molecule has 13 heavy (non-hydrogen) atoms. The number of ether oxygens (including phenoxy) is 1. The molecular weight excluding hydrogens is 206 g/mol. The minimum absolute atomic E-state index is 0.0376. The summed E-state index contributed by atoms with van der Waals surface area (Å²) >= 11 is 3.78. The van der Waals surface area contributed by atoms with Gasteiger partial charge in [-0.1, -0.05) is 6.08 Å². The zero-order valence-corrected chi connectivity index (χ0v) is 8.44. The molecule has 3 aliphatic rings. The van der Waals surface area contributed by atoms with Gasteiger partial charge in [0.25, 0.3) is 0 Å². The van der Waals surface area contributed by atoms with E-state index in [9.17, 15) is 4.79 Å². The smallest absolute Gasteiger partial charge is 0.243 e. The minimum atomic E-state index is -0.389. The molecule has 0 radical (unpaired) electrons. The SMILES string of the molecule is NC(=O)COC12C=CC3SC3C1S2. The van der Waals surface area contributed by atoms with Crippen LogP contribution in [0.3, 0.4) is 0 Å². The highest BCUT2D eigenvalue weighted by Crippen LogP contribution is 2.69. The lowest BCUT2D eigenvalue weighted by Gasteiger charge is -2.12. The van der Waals surface area contributed by atoms with Gasteiger partial charge in [-0.2, -0.15) is 0 Å². The number of primary amides is 1. The Morgan fingerprint density at radius 2 is 2.54 bits per heavy atom. The summed E-state index contributed by atoms with van der Waals surface area (Å²) < 4.78 is 5.49. The highest BCUT2D eigenvalue weighted by Gasteiger charge is 2.67. The van der Waals surface area contributed by atoms with Crippen LogP contribution in [0.5, 0.6) is 0 Å². The fourth-order valence-corrected chi connectivity index (χ4v) is 4.49. The van der Waals surface area contributed by atoms with Gasteiger partial charge in [0.1, 0.15) is 11.5 Å². The van der Waals surface area contributed by atoms with Crippen molar-refractivity contribution in [3.63, 3.8) is 0 Å². The molecule has 0 aromatic rings. The molecule has 2 saturated heterocycles. The van der Waals surface area contributed by atoms with Gasteiger partial charge in [-0.25, -0.2) is 0 Å². The van der Waals surface area contributed by atoms with Gasteiger partial charge >= 0.3 is 0 Å². The fourth-order valence-electron chi connectivity index (χ4n) is 1.71. The predicted octanol–water partition coefficient (Wildman–Crippen LogP) is 0.354. The van der Waals surface area contributed by atoms with E-state index in [1.165, 1.54) is 0 Å². The van der Waals surface area contributed by atoms with Crippen molar-refractivity contribution in [1.29, 1.82) is 0 Å². The highest BCUT2D eigenvalue weighted by molar-refractivity contribution is 8.13. The molecule has 0 aromatic carbocycles. The van der Waals surface area contributed by atoms with E-state index in [-0.39, 0.29) is 17.4 Å². The second-order valence-electron chi connectivity index (χ2n) is 3.44. The molecule has 2 aliphatic heterocycles. The number of hydrogen-bond donors (Lipinski definition) is 1. The fraction of sp³-hybridized carbons (Fsp3) is 0.625. The number of carbonyl (C=O) groups is 1. The number of thioether (sulfide) groups is 2. The van der Waals surface area contributed by atoms with Crippen LogP contribution in [0.2, 0.25) is 0 Å². The molecule has 70 valence electrons. The molecular formula is C8H9NO2S2. The Labute approximate surface area is 84.4 Å². The summed E-state index contributed by atoms with van der Waals surface area (Å²) in [5.41, 5.74) is 5.03. The third-order valence-electron chi connectivity index (χ3n) is 2.47. The van der Waals surface area contributed by atoms with Crippen molar-refractivity contribution in [3.8, 4) is 0 Å². The van der Waals surface area contributed by atoms with E-state index >= 15 is 0 Å². The quantitative estimate of drug-likeness (QED) is 0.545. The van der Waals surface area contributed by atoms with Crippen molar-refractivity contribution >= 4 is 29.4 Å². The summed E-state index contributed by atoms with van der Waals surface area (Å²) in [5, 5.41) is 2.00. The molecule has 2 heterocycles. The first-order valence-electron chi connectivity index (χ1n) is 4.16. The Kier molecular flexibility index (Phi) is 1.55. The number of carbonyl (C=O) groups excluding carboxylic acids is 1. The molecule has 1 aliphatic carbocycles. The summed E-state index contributed by atoms with van der Waals surface area (Å²) in [6.07, 6.45) is 4.28. The maximum absolute atomic E-state index is 10.6. The van der Waals surface area contributed by atoms with Crippen LogP contribution in [0.4, 0.5) is 0 Å². The molecule has 5 heteroatoms. The van der Waals surface area contributed by atoms with Crippen molar-refractivity contribution in [3.05, 3.63) is 12.2 Å². The molecule has 1 amide bonds. The number of nitrogens with two attached hydrogens (primary N) is 1. The lowest BCUT2D eigenvalue weighted by atomic mass is 10.1. The Morgan fingerprint density at radius 3 is 3.31 bits per heavy atom. The monoisotopic (exact) mass is 215 g/mol. The van der Waals surface area contributed by atoms with Crippen molar-refractivity contribution in [2.75, 3.05) is 6.61 Å². The van der Waals surface area contributed by atoms with E-state index in [2.05, 4.69) is 12.2 Å². The molecule has 0 spiro atoms. The molecule has 0 saturated carbocycles. The summed E-state index contributed by atoms with van der Waals surface area (Å²) in [7, 11) is 0. The second kappa shape index (κ2) is 2.46.